The molecule has 0 aliphatic carbocycles. The molecule has 1 aromatic heterocycles. The molecule has 1 aromatic carbocycles. The first-order valence-corrected chi connectivity index (χ1v) is 4.10. The summed E-state index contributed by atoms with van der Waals surface area (Å²) in [5, 5.41) is 1.07. The third kappa shape index (κ3) is 1.88. The molecular weight excluding hydrogens is 200 g/mol. The first-order chi connectivity index (χ1) is 6.27. The Labute approximate surface area is 87.7 Å². The number of aromatic nitrogens is 1. The standard InChI is InChI=1S/C10H10N2O.ClH/c11-10(13)5-7-6-12-9-4-2-1-3-8(7)9;/h1-4,6,12H,5H2,(H2,11,13);1H. The molecule has 2 aromatic rings. The average molecular weight is 211 g/mol. The summed E-state index contributed by atoms with van der Waals surface area (Å²) in [5.74, 6) is -0.301. The van der Waals surface area contributed by atoms with E-state index in [-0.39, 0.29) is 18.3 Å². The van der Waals surface area contributed by atoms with E-state index in [1.807, 2.05) is 30.5 Å². The van der Waals surface area contributed by atoms with Crippen molar-refractivity contribution in [2.45, 2.75) is 6.42 Å². The van der Waals surface area contributed by atoms with Crippen LogP contribution in [0.1, 0.15) is 5.56 Å². The Morgan fingerprint density at radius 1 is 1.36 bits per heavy atom. The topological polar surface area (TPSA) is 58.9 Å². The van der Waals surface area contributed by atoms with E-state index < -0.39 is 0 Å². The van der Waals surface area contributed by atoms with Gasteiger partial charge in [-0.05, 0) is 11.6 Å². The van der Waals surface area contributed by atoms with Crippen LogP contribution in [-0.2, 0) is 11.2 Å². The van der Waals surface area contributed by atoms with Crippen LogP contribution in [0.25, 0.3) is 10.9 Å². The smallest absolute Gasteiger partial charge is 0.221 e. The Hall–Kier alpha value is -1.48. The molecule has 2 rings (SSSR count). The zero-order valence-electron chi connectivity index (χ0n) is 7.49. The first kappa shape index (κ1) is 10.6. The number of carbonyl (C=O) groups is 1. The van der Waals surface area contributed by atoms with Crippen LogP contribution >= 0.6 is 12.4 Å². The van der Waals surface area contributed by atoms with Gasteiger partial charge in [0.25, 0.3) is 0 Å². The van der Waals surface area contributed by atoms with Gasteiger partial charge in [-0.1, -0.05) is 18.2 Å². The molecule has 3 N–H and O–H groups in total. The lowest BCUT2D eigenvalue weighted by Crippen LogP contribution is -2.13. The van der Waals surface area contributed by atoms with Gasteiger partial charge in [-0.25, -0.2) is 0 Å². The number of fused-ring (bicyclic) bond motifs is 1. The van der Waals surface area contributed by atoms with Crippen LogP contribution in [0.4, 0.5) is 0 Å². The van der Waals surface area contributed by atoms with Gasteiger partial charge in [-0.2, -0.15) is 0 Å². The molecule has 0 aliphatic rings. The van der Waals surface area contributed by atoms with Crippen molar-refractivity contribution in [1.82, 2.24) is 4.98 Å². The van der Waals surface area contributed by atoms with Crippen LogP contribution < -0.4 is 5.73 Å². The van der Waals surface area contributed by atoms with E-state index in [1.165, 1.54) is 0 Å². The quantitative estimate of drug-likeness (QED) is 0.778. The minimum absolute atomic E-state index is 0. The fourth-order valence-electron chi connectivity index (χ4n) is 1.47. The number of H-pyrrole nitrogens is 1. The Morgan fingerprint density at radius 3 is 2.79 bits per heavy atom. The average Bonchev–Trinajstić information content (AvgIpc) is 2.48. The lowest BCUT2D eigenvalue weighted by atomic mass is 10.1. The van der Waals surface area contributed by atoms with Crippen molar-refractivity contribution < 1.29 is 4.79 Å². The van der Waals surface area contributed by atoms with Crippen LogP contribution in [-0.4, -0.2) is 10.9 Å². The van der Waals surface area contributed by atoms with Crippen LogP contribution in [0.3, 0.4) is 0 Å². The summed E-state index contributed by atoms with van der Waals surface area (Å²) >= 11 is 0. The molecule has 0 atom stereocenters. The number of carbonyl (C=O) groups excluding carboxylic acids is 1. The summed E-state index contributed by atoms with van der Waals surface area (Å²) in [4.78, 5) is 13.8. The maximum Gasteiger partial charge on any atom is 0.221 e. The number of primary amides is 1. The molecule has 4 heteroatoms. The highest BCUT2D eigenvalue weighted by Crippen LogP contribution is 2.17. The number of amides is 1. The largest absolute Gasteiger partial charge is 0.369 e. The van der Waals surface area contributed by atoms with Gasteiger partial charge in [0.1, 0.15) is 0 Å². The molecule has 0 aliphatic heterocycles. The number of para-hydroxylation sites is 1. The number of aromatic amines is 1. The van der Waals surface area contributed by atoms with Crippen molar-refractivity contribution in [3.63, 3.8) is 0 Å². The summed E-state index contributed by atoms with van der Waals surface area (Å²) in [6, 6.07) is 7.84. The molecule has 0 fully saturated rings. The summed E-state index contributed by atoms with van der Waals surface area (Å²) in [5.41, 5.74) is 7.12. The second kappa shape index (κ2) is 4.15. The number of nitrogens with two attached hydrogens (primary N) is 1. The third-order valence-electron chi connectivity index (χ3n) is 2.04. The Kier molecular flexibility index (Phi) is 3.14. The van der Waals surface area contributed by atoms with Crippen molar-refractivity contribution in [2.75, 3.05) is 0 Å². The minimum Gasteiger partial charge on any atom is -0.369 e. The summed E-state index contributed by atoms with van der Waals surface area (Å²) in [6.07, 6.45) is 2.12. The van der Waals surface area contributed by atoms with Crippen molar-refractivity contribution >= 4 is 29.2 Å². The molecule has 0 bridgehead atoms. The third-order valence-corrected chi connectivity index (χ3v) is 2.04. The van der Waals surface area contributed by atoms with Crippen molar-refractivity contribution in [2.24, 2.45) is 5.73 Å². The van der Waals surface area contributed by atoms with Crippen molar-refractivity contribution in [3.05, 3.63) is 36.0 Å². The number of rotatable bonds is 2. The van der Waals surface area contributed by atoms with E-state index in [0.717, 1.165) is 16.5 Å². The van der Waals surface area contributed by atoms with Crippen molar-refractivity contribution in [3.8, 4) is 0 Å². The van der Waals surface area contributed by atoms with E-state index in [1.54, 1.807) is 0 Å². The normalized spacial score (nSPS) is 9.71. The number of benzene rings is 1. The monoisotopic (exact) mass is 210 g/mol. The van der Waals surface area contributed by atoms with Crippen LogP contribution in [0.15, 0.2) is 30.5 Å². The second-order valence-electron chi connectivity index (χ2n) is 3.00. The molecule has 0 spiro atoms. The fraction of sp³-hybridized carbons (Fsp3) is 0.100. The molecule has 3 nitrogen and oxygen atoms in total. The predicted molar refractivity (Wildman–Crippen MR) is 58.4 cm³/mol. The van der Waals surface area contributed by atoms with Crippen LogP contribution in [0.2, 0.25) is 0 Å². The van der Waals surface area contributed by atoms with Crippen LogP contribution in [0, 0.1) is 0 Å². The highest BCUT2D eigenvalue weighted by molar-refractivity contribution is 5.88. The van der Waals surface area contributed by atoms with Gasteiger partial charge in [0, 0.05) is 17.1 Å². The molecule has 1 amide bonds. The van der Waals surface area contributed by atoms with E-state index >= 15 is 0 Å². The van der Waals surface area contributed by atoms with Gasteiger partial charge >= 0.3 is 0 Å². The number of nitrogens with one attached hydrogen (secondary N) is 1. The van der Waals surface area contributed by atoms with Gasteiger partial charge in [0.15, 0.2) is 0 Å². The van der Waals surface area contributed by atoms with Gasteiger partial charge in [0.05, 0.1) is 6.42 Å². The zero-order valence-corrected chi connectivity index (χ0v) is 8.30. The van der Waals surface area contributed by atoms with E-state index in [0.29, 0.717) is 6.42 Å². The van der Waals surface area contributed by atoms with E-state index in [9.17, 15) is 4.79 Å². The highest BCUT2D eigenvalue weighted by atomic mass is 35.5. The first-order valence-electron chi connectivity index (χ1n) is 4.10. The summed E-state index contributed by atoms with van der Waals surface area (Å²) < 4.78 is 0. The molecule has 0 radical (unpaired) electrons. The maximum absolute atomic E-state index is 10.7. The van der Waals surface area contributed by atoms with Gasteiger partial charge < -0.3 is 10.7 Å². The maximum atomic E-state index is 10.7. The molecule has 14 heavy (non-hydrogen) atoms. The van der Waals surface area contributed by atoms with Crippen LogP contribution in [0.5, 0.6) is 0 Å². The number of hydrogen-bond acceptors (Lipinski definition) is 1. The highest BCUT2D eigenvalue weighted by Gasteiger charge is 2.04. The predicted octanol–water partition coefficient (Wildman–Crippen LogP) is 1.62. The Bertz CT molecular complexity index is 450. The Balaban J connectivity index is 0.000000980. The number of hydrogen-bond donors (Lipinski definition) is 2. The molecule has 74 valence electrons. The SMILES string of the molecule is Cl.NC(=O)Cc1c[nH]c2ccccc12. The molecular formula is C10H11ClN2O. The molecule has 0 saturated carbocycles. The van der Waals surface area contributed by atoms with Gasteiger partial charge in [-0.3, -0.25) is 4.79 Å². The summed E-state index contributed by atoms with van der Waals surface area (Å²) in [7, 11) is 0. The fourth-order valence-corrected chi connectivity index (χ4v) is 1.47. The zero-order chi connectivity index (χ0) is 9.26. The lowest BCUT2D eigenvalue weighted by Gasteiger charge is -1.93. The minimum atomic E-state index is -0.301. The van der Waals surface area contributed by atoms with Crippen molar-refractivity contribution in [1.29, 1.82) is 0 Å². The van der Waals surface area contributed by atoms with Gasteiger partial charge in [0.2, 0.25) is 5.91 Å². The molecule has 0 saturated heterocycles. The summed E-state index contributed by atoms with van der Waals surface area (Å²) in [6.45, 7) is 0. The molecule has 1 heterocycles. The van der Waals surface area contributed by atoms with Gasteiger partial charge in [-0.15, -0.1) is 12.4 Å². The Morgan fingerprint density at radius 2 is 2.07 bits per heavy atom. The molecule has 0 unspecified atom stereocenters. The second-order valence-corrected chi connectivity index (χ2v) is 3.00. The lowest BCUT2D eigenvalue weighted by molar-refractivity contribution is -0.117. The van der Waals surface area contributed by atoms with E-state index in [2.05, 4.69) is 4.98 Å². The van der Waals surface area contributed by atoms with E-state index in [4.69, 9.17) is 5.73 Å². The number of halogens is 1.